The van der Waals surface area contributed by atoms with Crippen molar-refractivity contribution in [3.8, 4) is 0 Å². The molecule has 0 aliphatic heterocycles. The largest absolute Gasteiger partial charge is 0.371 e. The lowest BCUT2D eigenvalue weighted by Crippen LogP contribution is -2.42. The highest BCUT2D eigenvalue weighted by molar-refractivity contribution is 4.81. The topological polar surface area (TPSA) is 35.2 Å². The molecule has 0 aromatic carbocycles. The van der Waals surface area contributed by atoms with Crippen molar-refractivity contribution in [2.75, 3.05) is 6.54 Å². The highest BCUT2D eigenvalue weighted by atomic mass is 16.5. The zero-order valence-corrected chi connectivity index (χ0v) is 9.60. The molecule has 2 heteroatoms. The standard InChI is InChI=1S/C11H25NO/c1-5-7-11(9-12,8-6-2)13-10(3)4/h10H,5-9,12H2,1-4H3. The van der Waals surface area contributed by atoms with Crippen molar-refractivity contribution in [2.24, 2.45) is 5.73 Å². The normalized spacial score (nSPS) is 12.5. The number of hydrogen-bond acceptors (Lipinski definition) is 2. The van der Waals surface area contributed by atoms with Gasteiger partial charge in [0.05, 0.1) is 11.7 Å². The zero-order chi connectivity index (χ0) is 10.3. The minimum atomic E-state index is -0.0579. The molecule has 0 radical (unpaired) electrons. The monoisotopic (exact) mass is 187 g/mol. The third kappa shape index (κ3) is 4.63. The van der Waals surface area contributed by atoms with Crippen LogP contribution < -0.4 is 5.73 Å². The van der Waals surface area contributed by atoms with Gasteiger partial charge in [0.2, 0.25) is 0 Å². The van der Waals surface area contributed by atoms with E-state index in [1.807, 2.05) is 0 Å². The fourth-order valence-electron chi connectivity index (χ4n) is 1.91. The van der Waals surface area contributed by atoms with E-state index in [1.165, 1.54) is 0 Å². The van der Waals surface area contributed by atoms with Crippen molar-refractivity contribution in [1.82, 2.24) is 0 Å². The molecule has 0 atom stereocenters. The van der Waals surface area contributed by atoms with Gasteiger partial charge in [0.1, 0.15) is 0 Å². The molecule has 0 aromatic heterocycles. The van der Waals surface area contributed by atoms with E-state index in [0.29, 0.717) is 6.54 Å². The molecule has 2 N–H and O–H groups in total. The van der Waals surface area contributed by atoms with Gasteiger partial charge in [-0.3, -0.25) is 0 Å². The summed E-state index contributed by atoms with van der Waals surface area (Å²) in [5.74, 6) is 0. The van der Waals surface area contributed by atoms with E-state index in [4.69, 9.17) is 10.5 Å². The molecular weight excluding hydrogens is 162 g/mol. The van der Waals surface area contributed by atoms with Gasteiger partial charge in [0.25, 0.3) is 0 Å². The van der Waals surface area contributed by atoms with E-state index in [9.17, 15) is 0 Å². The predicted octanol–water partition coefficient (Wildman–Crippen LogP) is 2.71. The van der Waals surface area contributed by atoms with Crippen LogP contribution >= 0.6 is 0 Å². The van der Waals surface area contributed by atoms with Crippen LogP contribution in [0.4, 0.5) is 0 Å². The molecule has 0 fully saturated rings. The van der Waals surface area contributed by atoms with Gasteiger partial charge < -0.3 is 10.5 Å². The molecule has 0 rings (SSSR count). The summed E-state index contributed by atoms with van der Waals surface area (Å²) in [5, 5.41) is 0. The van der Waals surface area contributed by atoms with Crippen molar-refractivity contribution in [2.45, 2.75) is 65.1 Å². The van der Waals surface area contributed by atoms with Gasteiger partial charge >= 0.3 is 0 Å². The number of nitrogens with two attached hydrogens (primary N) is 1. The Morgan fingerprint density at radius 1 is 1.15 bits per heavy atom. The van der Waals surface area contributed by atoms with Gasteiger partial charge in [-0.05, 0) is 26.7 Å². The quantitative estimate of drug-likeness (QED) is 0.665. The summed E-state index contributed by atoms with van der Waals surface area (Å²) >= 11 is 0. The molecule has 0 saturated heterocycles. The van der Waals surface area contributed by atoms with E-state index >= 15 is 0 Å². The Morgan fingerprint density at radius 3 is 1.85 bits per heavy atom. The molecule has 2 nitrogen and oxygen atoms in total. The van der Waals surface area contributed by atoms with Crippen LogP contribution in [-0.2, 0) is 4.74 Å². The highest BCUT2D eigenvalue weighted by Gasteiger charge is 2.28. The molecule has 0 aliphatic rings. The zero-order valence-electron chi connectivity index (χ0n) is 9.60. The van der Waals surface area contributed by atoms with Crippen LogP contribution in [0.2, 0.25) is 0 Å². The highest BCUT2D eigenvalue weighted by Crippen LogP contribution is 2.24. The van der Waals surface area contributed by atoms with Crippen LogP contribution in [0.5, 0.6) is 0 Å². The molecule has 0 heterocycles. The summed E-state index contributed by atoms with van der Waals surface area (Å²) in [6.45, 7) is 9.17. The van der Waals surface area contributed by atoms with Crippen LogP contribution in [0.1, 0.15) is 53.4 Å². The number of ether oxygens (including phenoxy) is 1. The molecule has 0 amide bonds. The third-order valence-corrected chi connectivity index (χ3v) is 2.27. The average Bonchev–Trinajstić information content (AvgIpc) is 2.04. The van der Waals surface area contributed by atoms with E-state index < -0.39 is 0 Å². The third-order valence-electron chi connectivity index (χ3n) is 2.27. The Balaban J connectivity index is 4.24. The summed E-state index contributed by atoms with van der Waals surface area (Å²) in [5.41, 5.74) is 5.75. The van der Waals surface area contributed by atoms with Crippen LogP contribution in [0.15, 0.2) is 0 Å². The lowest BCUT2D eigenvalue weighted by molar-refractivity contribution is -0.0848. The maximum absolute atomic E-state index is 5.94. The van der Waals surface area contributed by atoms with E-state index in [-0.39, 0.29) is 11.7 Å². The van der Waals surface area contributed by atoms with Gasteiger partial charge in [0, 0.05) is 6.54 Å². The van der Waals surface area contributed by atoms with Gasteiger partial charge in [-0.25, -0.2) is 0 Å². The second kappa shape index (κ2) is 6.39. The Bertz CT molecular complexity index is 117. The lowest BCUT2D eigenvalue weighted by atomic mass is 9.92. The lowest BCUT2D eigenvalue weighted by Gasteiger charge is -2.34. The van der Waals surface area contributed by atoms with Crippen LogP contribution in [0.3, 0.4) is 0 Å². The summed E-state index contributed by atoms with van der Waals surface area (Å²) in [6.07, 6.45) is 4.72. The summed E-state index contributed by atoms with van der Waals surface area (Å²) in [7, 11) is 0. The van der Waals surface area contributed by atoms with Gasteiger partial charge in [0.15, 0.2) is 0 Å². The molecule has 80 valence electrons. The minimum absolute atomic E-state index is 0.0579. The fraction of sp³-hybridized carbons (Fsp3) is 1.00. The SMILES string of the molecule is CCCC(CN)(CCC)OC(C)C. The Labute approximate surface area is 82.8 Å². The molecule has 13 heavy (non-hydrogen) atoms. The second-order valence-electron chi connectivity index (χ2n) is 4.05. The van der Waals surface area contributed by atoms with Crippen molar-refractivity contribution >= 4 is 0 Å². The molecule has 0 aliphatic carbocycles. The summed E-state index contributed by atoms with van der Waals surface area (Å²) < 4.78 is 5.94. The molecular formula is C11H25NO. The van der Waals surface area contributed by atoms with Gasteiger partial charge in [-0.2, -0.15) is 0 Å². The molecule has 0 spiro atoms. The smallest absolute Gasteiger partial charge is 0.0807 e. The van der Waals surface area contributed by atoms with Gasteiger partial charge in [-0.15, -0.1) is 0 Å². The summed E-state index contributed by atoms with van der Waals surface area (Å²) in [4.78, 5) is 0. The second-order valence-corrected chi connectivity index (χ2v) is 4.05. The maximum atomic E-state index is 5.94. The molecule has 0 aromatic rings. The first-order valence-electron chi connectivity index (χ1n) is 5.48. The maximum Gasteiger partial charge on any atom is 0.0807 e. The fourth-order valence-corrected chi connectivity index (χ4v) is 1.91. The minimum Gasteiger partial charge on any atom is -0.371 e. The first-order chi connectivity index (χ1) is 6.10. The number of hydrogen-bond donors (Lipinski definition) is 1. The Kier molecular flexibility index (Phi) is 6.35. The number of rotatable bonds is 7. The van der Waals surface area contributed by atoms with Crippen molar-refractivity contribution in [3.05, 3.63) is 0 Å². The van der Waals surface area contributed by atoms with Crippen molar-refractivity contribution in [1.29, 1.82) is 0 Å². The molecule has 0 saturated carbocycles. The predicted molar refractivity (Wildman–Crippen MR) is 57.8 cm³/mol. The first-order valence-corrected chi connectivity index (χ1v) is 5.48. The first kappa shape index (κ1) is 12.9. The van der Waals surface area contributed by atoms with Gasteiger partial charge in [-0.1, -0.05) is 26.7 Å². The van der Waals surface area contributed by atoms with E-state index in [0.717, 1.165) is 25.7 Å². The van der Waals surface area contributed by atoms with E-state index in [2.05, 4.69) is 27.7 Å². The van der Waals surface area contributed by atoms with Crippen molar-refractivity contribution < 1.29 is 4.74 Å². The molecule has 0 unspecified atom stereocenters. The Hall–Kier alpha value is -0.0800. The molecule has 0 bridgehead atoms. The van der Waals surface area contributed by atoms with Crippen LogP contribution in [0.25, 0.3) is 0 Å². The van der Waals surface area contributed by atoms with E-state index in [1.54, 1.807) is 0 Å². The Morgan fingerprint density at radius 2 is 1.62 bits per heavy atom. The van der Waals surface area contributed by atoms with Crippen molar-refractivity contribution in [3.63, 3.8) is 0 Å². The van der Waals surface area contributed by atoms with Crippen LogP contribution in [0, 0.1) is 0 Å². The van der Waals surface area contributed by atoms with Crippen LogP contribution in [-0.4, -0.2) is 18.2 Å². The average molecular weight is 187 g/mol. The summed E-state index contributed by atoms with van der Waals surface area (Å²) in [6, 6.07) is 0.